The standard InChI is InChI=1S/C14H16N4O2/c19-13(17-6-8-20-9-7-17)10-18-11-15-14(16-18)12-4-2-1-3-5-12/h1-5,11H,6-10H2. The summed E-state index contributed by atoms with van der Waals surface area (Å²) in [6, 6.07) is 9.72. The fraction of sp³-hybridized carbons (Fsp3) is 0.357. The van der Waals surface area contributed by atoms with Gasteiger partial charge < -0.3 is 9.64 Å². The maximum absolute atomic E-state index is 12.1. The van der Waals surface area contributed by atoms with Gasteiger partial charge in [0.15, 0.2) is 5.82 Å². The predicted octanol–water partition coefficient (Wildman–Crippen LogP) is 0.804. The predicted molar refractivity (Wildman–Crippen MR) is 72.9 cm³/mol. The van der Waals surface area contributed by atoms with Gasteiger partial charge in [0, 0.05) is 18.7 Å². The average molecular weight is 272 g/mol. The van der Waals surface area contributed by atoms with Gasteiger partial charge in [-0.15, -0.1) is 0 Å². The molecule has 1 fully saturated rings. The summed E-state index contributed by atoms with van der Waals surface area (Å²) in [5, 5.41) is 4.34. The number of rotatable bonds is 3. The zero-order chi connectivity index (χ0) is 13.8. The van der Waals surface area contributed by atoms with Gasteiger partial charge in [-0.1, -0.05) is 30.3 Å². The van der Waals surface area contributed by atoms with Crippen LogP contribution in [-0.2, 0) is 16.1 Å². The molecule has 1 amide bonds. The van der Waals surface area contributed by atoms with Crippen LogP contribution in [0.4, 0.5) is 0 Å². The Kier molecular flexibility index (Phi) is 3.73. The van der Waals surface area contributed by atoms with E-state index in [2.05, 4.69) is 10.1 Å². The monoisotopic (exact) mass is 272 g/mol. The minimum atomic E-state index is 0.0535. The van der Waals surface area contributed by atoms with Crippen LogP contribution in [-0.4, -0.2) is 51.9 Å². The molecule has 0 aliphatic carbocycles. The minimum absolute atomic E-state index is 0.0535. The molecule has 20 heavy (non-hydrogen) atoms. The van der Waals surface area contributed by atoms with Crippen LogP contribution < -0.4 is 0 Å². The molecule has 6 nitrogen and oxygen atoms in total. The molecule has 0 spiro atoms. The topological polar surface area (TPSA) is 60.2 Å². The van der Waals surface area contributed by atoms with E-state index in [1.54, 1.807) is 15.9 Å². The van der Waals surface area contributed by atoms with Gasteiger partial charge in [-0.3, -0.25) is 4.79 Å². The number of aromatic nitrogens is 3. The van der Waals surface area contributed by atoms with Crippen molar-refractivity contribution in [1.82, 2.24) is 19.7 Å². The second-order valence-corrected chi connectivity index (χ2v) is 4.62. The smallest absolute Gasteiger partial charge is 0.244 e. The van der Waals surface area contributed by atoms with Crippen LogP contribution in [0.15, 0.2) is 36.7 Å². The van der Waals surface area contributed by atoms with Crippen molar-refractivity contribution >= 4 is 5.91 Å². The lowest BCUT2D eigenvalue weighted by Gasteiger charge is -2.26. The van der Waals surface area contributed by atoms with E-state index in [0.717, 1.165) is 5.56 Å². The minimum Gasteiger partial charge on any atom is -0.378 e. The van der Waals surface area contributed by atoms with Crippen molar-refractivity contribution in [3.8, 4) is 11.4 Å². The van der Waals surface area contributed by atoms with Crippen molar-refractivity contribution in [3.05, 3.63) is 36.7 Å². The second-order valence-electron chi connectivity index (χ2n) is 4.62. The van der Waals surface area contributed by atoms with E-state index in [0.29, 0.717) is 32.1 Å². The second kappa shape index (κ2) is 5.83. The first kappa shape index (κ1) is 12.8. The number of hydrogen-bond donors (Lipinski definition) is 0. The SMILES string of the molecule is O=C(Cn1cnc(-c2ccccc2)n1)N1CCOCC1. The Bertz CT molecular complexity index is 576. The van der Waals surface area contributed by atoms with Crippen LogP contribution >= 0.6 is 0 Å². The molecule has 3 rings (SSSR count). The largest absolute Gasteiger partial charge is 0.378 e. The molecule has 2 heterocycles. The Morgan fingerprint density at radius 3 is 2.70 bits per heavy atom. The summed E-state index contributed by atoms with van der Waals surface area (Å²) in [4.78, 5) is 18.1. The van der Waals surface area contributed by atoms with Crippen molar-refractivity contribution < 1.29 is 9.53 Å². The van der Waals surface area contributed by atoms with E-state index >= 15 is 0 Å². The molecule has 0 bridgehead atoms. The summed E-state index contributed by atoms with van der Waals surface area (Å²) in [6.07, 6.45) is 1.60. The van der Waals surface area contributed by atoms with E-state index in [1.165, 1.54) is 0 Å². The van der Waals surface area contributed by atoms with Crippen LogP contribution in [0, 0.1) is 0 Å². The summed E-state index contributed by atoms with van der Waals surface area (Å²) >= 11 is 0. The molecule has 1 aromatic heterocycles. The van der Waals surface area contributed by atoms with Crippen molar-refractivity contribution in [3.63, 3.8) is 0 Å². The molecule has 1 aliphatic heterocycles. The fourth-order valence-electron chi connectivity index (χ4n) is 2.14. The third-order valence-corrected chi connectivity index (χ3v) is 3.23. The lowest BCUT2D eigenvalue weighted by molar-refractivity contribution is -0.136. The number of carbonyl (C=O) groups is 1. The normalized spacial score (nSPS) is 15.3. The van der Waals surface area contributed by atoms with Crippen molar-refractivity contribution in [2.45, 2.75) is 6.54 Å². The highest BCUT2D eigenvalue weighted by atomic mass is 16.5. The Hall–Kier alpha value is -2.21. The Balaban J connectivity index is 1.66. The van der Waals surface area contributed by atoms with Gasteiger partial charge in [-0.2, -0.15) is 5.10 Å². The molecular weight excluding hydrogens is 256 g/mol. The summed E-state index contributed by atoms with van der Waals surface area (Å²) < 4.78 is 6.82. The highest BCUT2D eigenvalue weighted by Crippen LogP contribution is 2.12. The van der Waals surface area contributed by atoms with Crippen LogP contribution in [0.25, 0.3) is 11.4 Å². The summed E-state index contributed by atoms with van der Waals surface area (Å²) in [5.74, 6) is 0.693. The molecule has 1 saturated heterocycles. The Labute approximate surface area is 117 Å². The van der Waals surface area contributed by atoms with Crippen molar-refractivity contribution in [1.29, 1.82) is 0 Å². The van der Waals surface area contributed by atoms with E-state index in [4.69, 9.17) is 4.74 Å². The van der Waals surface area contributed by atoms with Gasteiger partial charge in [0.2, 0.25) is 5.91 Å². The average Bonchev–Trinajstić information content (AvgIpc) is 2.97. The number of hydrogen-bond acceptors (Lipinski definition) is 4. The van der Waals surface area contributed by atoms with E-state index in [9.17, 15) is 4.79 Å². The number of nitrogens with zero attached hydrogens (tertiary/aromatic N) is 4. The number of amides is 1. The van der Waals surface area contributed by atoms with Gasteiger partial charge in [0.25, 0.3) is 0 Å². The fourth-order valence-corrected chi connectivity index (χ4v) is 2.14. The zero-order valence-corrected chi connectivity index (χ0v) is 11.1. The van der Waals surface area contributed by atoms with Crippen LogP contribution in [0.1, 0.15) is 0 Å². The van der Waals surface area contributed by atoms with Gasteiger partial charge >= 0.3 is 0 Å². The van der Waals surface area contributed by atoms with E-state index < -0.39 is 0 Å². The molecule has 0 unspecified atom stereocenters. The molecule has 1 aliphatic rings. The molecule has 0 N–H and O–H groups in total. The third-order valence-electron chi connectivity index (χ3n) is 3.23. The maximum Gasteiger partial charge on any atom is 0.244 e. The number of carbonyl (C=O) groups excluding carboxylic acids is 1. The lowest BCUT2D eigenvalue weighted by atomic mass is 10.2. The number of morpholine rings is 1. The maximum atomic E-state index is 12.1. The number of ether oxygens (including phenoxy) is 1. The molecule has 104 valence electrons. The van der Waals surface area contributed by atoms with Gasteiger partial charge in [0.1, 0.15) is 12.9 Å². The van der Waals surface area contributed by atoms with Crippen molar-refractivity contribution in [2.24, 2.45) is 0 Å². The number of benzene rings is 1. The molecule has 0 atom stereocenters. The van der Waals surface area contributed by atoms with Crippen LogP contribution in [0.3, 0.4) is 0 Å². The quantitative estimate of drug-likeness (QED) is 0.829. The summed E-state index contributed by atoms with van der Waals surface area (Å²) in [6.45, 7) is 2.74. The molecule has 0 saturated carbocycles. The zero-order valence-electron chi connectivity index (χ0n) is 11.1. The highest BCUT2D eigenvalue weighted by Gasteiger charge is 2.17. The Morgan fingerprint density at radius 2 is 1.95 bits per heavy atom. The summed E-state index contributed by atoms with van der Waals surface area (Å²) in [7, 11) is 0. The Morgan fingerprint density at radius 1 is 1.20 bits per heavy atom. The molecular formula is C14H16N4O2. The van der Waals surface area contributed by atoms with Gasteiger partial charge in [-0.05, 0) is 0 Å². The molecule has 6 heteroatoms. The van der Waals surface area contributed by atoms with Gasteiger partial charge in [-0.25, -0.2) is 9.67 Å². The van der Waals surface area contributed by atoms with Crippen LogP contribution in [0.2, 0.25) is 0 Å². The van der Waals surface area contributed by atoms with Crippen LogP contribution in [0.5, 0.6) is 0 Å². The third kappa shape index (κ3) is 2.85. The first-order valence-corrected chi connectivity index (χ1v) is 6.63. The lowest BCUT2D eigenvalue weighted by Crippen LogP contribution is -2.42. The first-order chi connectivity index (χ1) is 9.83. The molecule has 2 aromatic rings. The highest BCUT2D eigenvalue weighted by molar-refractivity contribution is 5.76. The first-order valence-electron chi connectivity index (χ1n) is 6.63. The van der Waals surface area contributed by atoms with Gasteiger partial charge in [0.05, 0.1) is 13.2 Å². The van der Waals surface area contributed by atoms with E-state index in [-0.39, 0.29) is 12.5 Å². The van der Waals surface area contributed by atoms with E-state index in [1.807, 2.05) is 30.3 Å². The molecule has 0 radical (unpaired) electrons. The summed E-state index contributed by atoms with van der Waals surface area (Å²) in [5.41, 5.74) is 0.949. The molecule has 1 aromatic carbocycles. The van der Waals surface area contributed by atoms with Crippen molar-refractivity contribution in [2.75, 3.05) is 26.3 Å².